The summed E-state index contributed by atoms with van der Waals surface area (Å²) in [5.74, 6) is -0.337. The summed E-state index contributed by atoms with van der Waals surface area (Å²) in [6, 6.07) is 22.0. The second-order valence-electron chi connectivity index (χ2n) is 8.79. The molecule has 0 aliphatic heterocycles. The standard InChI is InChI=1S/C28H30Cl2N2O2/c1-19(2)31-28(34)26(15-21-7-5-4-6-8-21)32(18-23-13-14-24(29)17-25(23)30)27(33)16-22-11-9-20(3)10-12-22/h4-14,17,19,26H,15-16,18H2,1-3H3,(H,31,34)/t26-/m0/s1. The van der Waals surface area contributed by atoms with E-state index in [2.05, 4.69) is 5.32 Å². The van der Waals surface area contributed by atoms with E-state index in [0.717, 1.165) is 22.3 Å². The first-order chi connectivity index (χ1) is 16.2. The van der Waals surface area contributed by atoms with Gasteiger partial charge in [0.1, 0.15) is 6.04 Å². The van der Waals surface area contributed by atoms with Gasteiger partial charge in [0.05, 0.1) is 6.42 Å². The van der Waals surface area contributed by atoms with Gasteiger partial charge in [-0.15, -0.1) is 0 Å². The fourth-order valence-corrected chi connectivity index (χ4v) is 4.22. The fourth-order valence-electron chi connectivity index (χ4n) is 3.75. The molecule has 0 spiro atoms. The number of carbonyl (C=O) groups is 2. The first-order valence-corrected chi connectivity index (χ1v) is 12.1. The summed E-state index contributed by atoms with van der Waals surface area (Å²) in [5, 5.41) is 3.97. The van der Waals surface area contributed by atoms with Crippen molar-refractivity contribution in [2.45, 2.75) is 52.2 Å². The molecule has 4 nitrogen and oxygen atoms in total. The van der Waals surface area contributed by atoms with Crippen molar-refractivity contribution in [1.82, 2.24) is 10.2 Å². The zero-order valence-electron chi connectivity index (χ0n) is 19.7. The van der Waals surface area contributed by atoms with Crippen molar-refractivity contribution in [2.24, 2.45) is 0 Å². The average molecular weight is 497 g/mol. The molecule has 1 N–H and O–H groups in total. The van der Waals surface area contributed by atoms with Gasteiger partial charge in [0.2, 0.25) is 11.8 Å². The quantitative estimate of drug-likeness (QED) is 0.394. The summed E-state index contributed by atoms with van der Waals surface area (Å²) in [5.41, 5.74) is 3.73. The van der Waals surface area contributed by atoms with E-state index in [0.29, 0.717) is 16.5 Å². The lowest BCUT2D eigenvalue weighted by Gasteiger charge is -2.32. The minimum absolute atomic E-state index is 0.0565. The predicted octanol–water partition coefficient (Wildman–Crippen LogP) is 6.01. The number of nitrogens with zero attached hydrogens (tertiary/aromatic N) is 1. The van der Waals surface area contributed by atoms with Crippen molar-refractivity contribution >= 4 is 35.0 Å². The van der Waals surface area contributed by atoms with E-state index in [1.807, 2.05) is 75.4 Å². The number of hydrogen-bond donors (Lipinski definition) is 1. The smallest absolute Gasteiger partial charge is 0.243 e. The van der Waals surface area contributed by atoms with E-state index < -0.39 is 6.04 Å². The zero-order valence-corrected chi connectivity index (χ0v) is 21.2. The third kappa shape index (κ3) is 7.34. The maximum absolute atomic E-state index is 13.7. The Morgan fingerprint density at radius 3 is 2.21 bits per heavy atom. The van der Waals surface area contributed by atoms with Crippen molar-refractivity contribution in [3.8, 4) is 0 Å². The van der Waals surface area contributed by atoms with Crippen molar-refractivity contribution in [2.75, 3.05) is 0 Å². The number of halogens is 2. The summed E-state index contributed by atoms with van der Waals surface area (Å²) in [6.45, 7) is 6.02. The molecule has 0 aliphatic carbocycles. The van der Waals surface area contributed by atoms with Gasteiger partial charge in [0, 0.05) is 29.1 Å². The van der Waals surface area contributed by atoms with Gasteiger partial charge >= 0.3 is 0 Å². The van der Waals surface area contributed by atoms with E-state index in [1.165, 1.54) is 0 Å². The Morgan fingerprint density at radius 1 is 0.912 bits per heavy atom. The Bertz CT molecular complexity index is 1120. The number of carbonyl (C=O) groups excluding carboxylic acids is 2. The van der Waals surface area contributed by atoms with Crippen LogP contribution >= 0.6 is 23.2 Å². The topological polar surface area (TPSA) is 49.4 Å². The van der Waals surface area contributed by atoms with Crippen LogP contribution in [0.2, 0.25) is 10.0 Å². The number of rotatable bonds is 9. The third-order valence-electron chi connectivity index (χ3n) is 5.53. The van der Waals surface area contributed by atoms with Gasteiger partial charge in [-0.2, -0.15) is 0 Å². The molecule has 2 amide bonds. The Hall–Kier alpha value is -2.82. The molecule has 0 heterocycles. The van der Waals surface area contributed by atoms with Crippen molar-refractivity contribution in [3.63, 3.8) is 0 Å². The van der Waals surface area contributed by atoms with Gasteiger partial charge in [-0.1, -0.05) is 89.4 Å². The molecule has 6 heteroatoms. The monoisotopic (exact) mass is 496 g/mol. The van der Waals surface area contributed by atoms with E-state index >= 15 is 0 Å². The molecule has 3 aromatic rings. The zero-order chi connectivity index (χ0) is 24.7. The summed E-state index contributed by atoms with van der Waals surface area (Å²) in [4.78, 5) is 28.7. The molecule has 178 valence electrons. The summed E-state index contributed by atoms with van der Waals surface area (Å²) in [6.07, 6.45) is 0.579. The van der Waals surface area contributed by atoms with Crippen LogP contribution < -0.4 is 5.32 Å². The maximum atomic E-state index is 13.7. The lowest BCUT2D eigenvalue weighted by Crippen LogP contribution is -2.52. The highest BCUT2D eigenvalue weighted by atomic mass is 35.5. The molecule has 0 fully saturated rings. The van der Waals surface area contributed by atoms with Crippen LogP contribution in [-0.2, 0) is 29.0 Å². The van der Waals surface area contributed by atoms with Gasteiger partial charge in [-0.25, -0.2) is 0 Å². The molecule has 1 atom stereocenters. The van der Waals surface area contributed by atoms with Gasteiger partial charge < -0.3 is 10.2 Å². The number of aryl methyl sites for hydroxylation is 1. The van der Waals surface area contributed by atoms with Crippen molar-refractivity contribution in [1.29, 1.82) is 0 Å². The lowest BCUT2D eigenvalue weighted by molar-refractivity contribution is -0.141. The van der Waals surface area contributed by atoms with Crippen molar-refractivity contribution in [3.05, 3.63) is 105 Å². The maximum Gasteiger partial charge on any atom is 0.243 e. The van der Waals surface area contributed by atoms with Gasteiger partial charge in [0.25, 0.3) is 0 Å². The molecule has 0 unspecified atom stereocenters. The predicted molar refractivity (Wildman–Crippen MR) is 139 cm³/mol. The molecule has 0 radical (unpaired) electrons. The second-order valence-corrected chi connectivity index (χ2v) is 9.63. The average Bonchev–Trinajstić information content (AvgIpc) is 2.79. The van der Waals surface area contributed by atoms with Crippen LogP contribution in [0, 0.1) is 6.92 Å². The Labute approximate surface area is 211 Å². The van der Waals surface area contributed by atoms with E-state index in [-0.39, 0.29) is 30.8 Å². The molecule has 0 saturated carbocycles. The highest BCUT2D eigenvalue weighted by molar-refractivity contribution is 6.35. The van der Waals surface area contributed by atoms with Gasteiger partial charge in [-0.05, 0) is 49.6 Å². The molecule has 34 heavy (non-hydrogen) atoms. The summed E-state index contributed by atoms with van der Waals surface area (Å²) < 4.78 is 0. The van der Waals surface area contributed by atoms with E-state index in [4.69, 9.17) is 23.2 Å². The second kappa shape index (κ2) is 12.0. The first kappa shape index (κ1) is 25.8. The molecular weight excluding hydrogens is 467 g/mol. The number of amides is 2. The fraction of sp³-hybridized carbons (Fsp3) is 0.286. The van der Waals surface area contributed by atoms with Crippen LogP contribution in [0.4, 0.5) is 0 Å². The van der Waals surface area contributed by atoms with Gasteiger partial charge in [-0.3, -0.25) is 9.59 Å². The van der Waals surface area contributed by atoms with E-state index in [1.54, 1.807) is 23.1 Å². The Morgan fingerprint density at radius 2 is 1.59 bits per heavy atom. The summed E-state index contributed by atoms with van der Waals surface area (Å²) >= 11 is 12.5. The highest BCUT2D eigenvalue weighted by Crippen LogP contribution is 2.24. The Balaban J connectivity index is 1.99. The number of nitrogens with one attached hydrogen (secondary N) is 1. The van der Waals surface area contributed by atoms with Crippen molar-refractivity contribution < 1.29 is 9.59 Å². The van der Waals surface area contributed by atoms with Crippen LogP contribution in [0.5, 0.6) is 0 Å². The minimum Gasteiger partial charge on any atom is -0.352 e. The van der Waals surface area contributed by atoms with Crippen LogP contribution in [0.1, 0.15) is 36.1 Å². The van der Waals surface area contributed by atoms with Crippen LogP contribution in [0.3, 0.4) is 0 Å². The lowest BCUT2D eigenvalue weighted by atomic mass is 10.0. The van der Waals surface area contributed by atoms with Crippen LogP contribution in [0.15, 0.2) is 72.8 Å². The van der Waals surface area contributed by atoms with Crippen LogP contribution in [0.25, 0.3) is 0 Å². The number of benzene rings is 3. The molecule has 3 rings (SSSR count). The largest absolute Gasteiger partial charge is 0.352 e. The third-order valence-corrected chi connectivity index (χ3v) is 6.12. The van der Waals surface area contributed by atoms with Crippen LogP contribution in [-0.4, -0.2) is 28.8 Å². The molecule has 0 saturated heterocycles. The highest BCUT2D eigenvalue weighted by Gasteiger charge is 2.31. The van der Waals surface area contributed by atoms with Gasteiger partial charge in [0.15, 0.2) is 0 Å². The Kier molecular flexibility index (Phi) is 9.14. The summed E-state index contributed by atoms with van der Waals surface area (Å²) in [7, 11) is 0. The molecule has 0 bridgehead atoms. The molecule has 0 aliphatic rings. The number of hydrogen-bond acceptors (Lipinski definition) is 2. The van der Waals surface area contributed by atoms with E-state index in [9.17, 15) is 9.59 Å². The molecule has 0 aromatic heterocycles. The first-order valence-electron chi connectivity index (χ1n) is 11.4. The normalized spacial score (nSPS) is 11.8. The molecular formula is C28H30Cl2N2O2. The molecule has 3 aromatic carbocycles. The SMILES string of the molecule is Cc1ccc(CC(=O)N(Cc2ccc(Cl)cc2Cl)[C@@H](Cc2ccccc2)C(=O)NC(C)C)cc1. The minimum atomic E-state index is -0.700.